The molecule has 0 amide bonds. The Morgan fingerprint density at radius 3 is 0.800 bits per heavy atom. The minimum atomic E-state index is -0.961. The number of carbonyl (C=O) groups excluding carboxylic acids is 3. The molecule has 0 atom stereocenters. The quantitative estimate of drug-likeness (QED) is 0.452. The second-order valence-electron chi connectivity index (χ2n) is 3.37. The molecule has 0 rings (SSSR count). The molecule has 0 aliphatic rings. The van der Waals surface area contributed by atoms with Gasteiger partial charge in [-0.2, -0.15) is 0 Å². The zero-order valence-electron chi connectivity index (χ0n) is 12.9. The summed E-state index contributed by atoms with van der Waals surface area (Å²) < 4.78 is 0. The summed E-state index contributed by atoms with van der Waals surface area (Å²) in [5.41, 5.74) is 0. The standard InChI is InChI=1S/3C4H8O2.Ca.Na/c3*1-2-3-4(5)6;;/h3*2-3H2,1H3,(H,5,6);;/q;;;+2;+1/p-3. The van der Waals surface area contributed by atoms with Gasteiger partial charge in [0.15, 0.2) is 0 Å². The molecule has 108 valence electrons. The van der Waals surface area contributed by atoms with Crippen molar-refractivity contribution < 1.29 is 59.3 Å². The third kappa shape index (κ3) is 62.3. The molecule has 0 bridgehead atoms. The Morgan fingerprint density at radius 1 is 0.650 bits per heavy atom. The van der Waals surface area contributed by atoms with Crippen molar-refractivity contribution in [3.8, 4) is 0 Å². The maximum absolute atomic E-state index is 9.49. The van der Waals surface area contributed by atoms with E-state index in [1.165, 1.54) is 0 Å². The summed E-state index contributed by atoms with van der Waals surface area (Å²) in [6.45, 7) is 5.40. The van der Waals surface area contributed by atoms with Crippen LogP contribution in [0.15, 0.2) is 0 Å². The van der Waals surface area contributed by atoms with Gasteiger partial charge in [0.2, 0.25) is 0 Å². The Balaban J connectivity index is -0.0000000536. The molecule has 0 heterocycles. The summed E-state index contributed by atoms with van der Waals surface area (Å²) in [4.78, 5) is 28.5. The summed E-state index contributed by atoms with van der Waals surface area (Å²) in [5.74, 6) is -2.88. The maximum Gasteiger partial charge on any atom is 2.00 e. The van der Waals surface area contributed by atoms with Crippen molar-refractivity contribution in [3.05, 3.63) is 0 Å². The molecular weight excluding hydrogens is 303 g/mol. The largest absolute Gasteiger partial charge is 2.00 e. The Hall–Kier alpha value is 0.670. The second-order valence-corrected chi connectivity index (χ2v) is 3.37. The normalized spacial score (nSPS) is 7.35. The molecule has 0 N–H and O–H groups in total. The van der Waals surface area contributed by atoms with Crippen LogP contribution in [0.1, 0.15) is 59.3 Å². The molecule has 0 aromatic rings. The molecule has 8 heteroatoms. The van der Waals surface area contributed by atoms with Gasteiger partial charge in [-0.15, -0.1) is 0 Å². The molecule has 0 fully saturated rings. The van der Waals surface area contributed by atoms with E-state index in [9.17, 15) is 29.7 Å². The van der Waals surface area contributed by atoms with Crippen molar-refractivity contribution in [2.45, 2.75) is 59.3 Å². The van der Waals surface area contributed by atoms with Crippen molar-refractivity contribution in [1.29, 1.82) is 0 Å². The Labute approximate surface area is 172 Å². The number of rotatable bonds is 6. The van der Waals surface area contributed by atoms with Crippen LogP contribution in [0.2, 0.25) is 0 Å². The van der Waals surface area contributed by atoms with Gasteiger partial charge in [-0.1, -0.05) is 40.0 Å². The number of aliphatic carboxylic acids is 3. The predicted molar refractivity (Wildman–Crippen MR) is 65.5 cm³/mol. The van der Waals surface area contributed by atoms with E-state index >= 15 is 0 Å². The topological polar surface area (TPSA) is 120 Å². The van der Waals surface area contributed by atoms with Crippen molar-refractivity contribution in [2.24, 2.45) is 0 Å². The van der Waals surface area contributed by atoms with Crippen molar-refractivity contribution in [2.75, 3.05) is 0 Å². The Morgan fingerprint density at radius 2 is 0.800 bits per heavy atom. The van der Waals surface area contributed by atoms with Crippen LogP contribution in [0, 0.1) is 0 Å². The van der Waals surface area contributed by atoms with E-state index in [1.54, 1.807) is 20.8 Å². The van der Waals surface area contributed by atoms with E-state index in [2.05, 4.69) is 0 Å². The summed E-state index contributed by atoms with van der Waals surface area (Å²) in [6, 6.07) is 0. The molecule has 0 spiro atoms. The van der Waals surface area contributed by atoms with Gasteiger partial charge in [-0.25, -0.2) is 0 Å². The third-order valence-corrected chi connectivity index (χ3v) is 1.36. The first-order valence-electron chi connectivity index (χ1n) is 5.91. The zero-order chi connectivity index (χ0) is 15.0. The third-order valence-electron chi connectivity index (χ3n) is 1.36. The fourth-order valence-electron chi connectivity index (χ4n) is 0.612. The van der Waals surface area contributed by atoms with Gasteiger partial charge in [0.05, 0.1) is 0 Å². The van der Waals surface area contributed by atoms with Crippen LogP contribution in [-0.4, -0.2) is 55.6 Å². The van der Waals surface area contributed by atoms with E-state index in [4.69, 9.17) is 0 Å². The molecule has 0 aliphatic carbocycles. The summed E-state index contributed by atoms with van der Waals surface area (Å²) in [6.07, 6.45) is 2.55. The molecule has 0 unspecified atom stereocenters. The Bertz CT molecular complexity index is 198. The van der Waals surface area contributed by atoms with E-state index in [-0.39, 0.29) is 86.6 Å². The molecule has 0 saturated carbocycles. The molecular formula is C12H21CaNaO6. The number of carboxylic acid groups (broad SMARTS) is 3. The summed E-state index contributed by atoms with van der Waals surface area (Å²) in [7, 11) is 0. The van der Waals surface area contributed by atoms with Crippen LogP contribution in [0.25, 0.3) is 0 Å². The van der Waals surface area contributed by atoms with Gasteiger partial charge in [0, 0.05) is 17.9 Å². The smallest absolute Gasteiger partial charge is 0.550 e. The molecule has 6 nitrogen and oxygen atoms in total. The number of carbonyl (C=O) groups is 3. The first-order chi connectivity index (χ1) is 8.31. The van der Waals surface area contributed by atoms with Crippen molar-refractivity contribution >= 4 is 55.6 Å². The first kappa shape index (κ1) is 32.6. The molecule has 20 heavy (non-hydrogen) atoms. The number of carboxylic acids is 3. The Kier molecular flexibility index (Phi) is 45.5. The predicted octanol–water partition coefficient (Wildman–Crippen LogP) is -4.77. The number of hydrogen-bond donors (Lipinski definition) is 0. The SMILES string of the molecule is CCCC(=O)[O-].CCCC(=O)[O-].CCCC(=O)[O-].[Ca+2].[Na+]. The maximum atomic E-state index is 9.49. The van der Waals surface area contributed by atoms with Crippen LogP contribution in [0.5, 0.6) is 0 Å². The molecule has 0 aromatic carbocycles. The summed E-state index contributed by atoms with van der Waals surface area (Å²) in [5, 5.41) is 28.5. The minimum Gasteiger partial charge on any atom is -0.550 e. The van der Waals surface area contributed by atoms with Crippen LogP contribution in [-0.2, 0) is 14.4 Å². The minimum absolute atomic E-state index is 0. The van der Waals surface area contributed by atoms with Gasteiger partial charge in [0.1, 0.15) is 0 Å². The van der Waals surface area contributed by atoms with E-state index in [1.807, 2.05) is 0 Å². The first-order valence-corrected chi connectivity index (χ1v) is 5.91. The molecule has 0 saturated heterocycles. The van der Waals surface area contributed by atoms with Gasteiger partial charge in [0.25, 0.3) is 0 Å². The van der Waals surface area contributed by atoms with Gasteiger partial charge >= 0.3 is 67.3 Å². The molecule has 0 aliphatic heterocycles. The van der Waals surface area contributed by atoms with Crippen LogP contribution < -0.4 is 44.9 Å². The second kappa shape index (κ2) is 27.9. The average molecular weight is 324 g/mol. The van der Waals surface area contributed by atoms with E-state index in [0.29, 0.717) is 19.3 Å². The van der Waals surface area contributed by atoms with Crippen molar-refractivity contribution in [1.82, 2.24) is 0 Å². The van der Waals surface area contributed by atoms with Crippen molar-refractivity contribution in [3.63, 3.8) is 0 Å². The fraction of sp³-hybridized carbons (Fsp3) is 0.750. The van der Waals surface area contributed by atoms with Crippen LogP contribution in [0.4, 0.5) is 0 Å². The van der Waals surface area contributed by atoms with Gasteiger partial charge in [-0.05, 0) is 19.3 Å². The van der Waals surface area contributed by atoms with E-state index < -0.39 is 17.9 Å². The number of hydrogen-bond acceptors (Lipinski definition) is 6. The van der Waals surface area contributed by atoms with Crippen LogP contribution in [0.3, 0.4) is 0 Å². The fourth-order valence-corrected chi connectivity index (χ4v) is 0.612. The monoisotopic (exact) mass is 324 g/mol. The molecule has 0 radical (unpaired) electrons. The van der Waals surface area contributed by atoms with Gasteiger partial charge < -0.3 is 29.7 Å². The van der Waals surface area contributed by atoms with Crippen LogP contribution >= 0.6 is 0 Å². The summed E-state index contributed by atoms with van der Waals surface area (Å²) >= 11 is 0. The average Bonchev–Trinajstić information content (AvgIpc) is 2.18. The molecule has 0 aromatic heterocycles. The van der Waals surface area contributed by atoms with E-state index in [0.717, 1.165) is 0 Å². The van der Waals surface area contributed by atoms with Gasteiger partial charge in [-0.3, -0.25) is 0 Å². The zero-order valence-corrected chi connectivity index (χ0v) is 17.1.